The smallest absolute Gasteiger partial charge is 0.234 e. The summed E-state index contributed by atoms with van der Waals surface area (Å²) in [5, 5.41) is 2.66. The number of nitrogens with one attached hydrogen (secondary N) is 1. The molecule has 1 rings (SSSR count). The van der Waals surface area contributed by atoms with Gasteiger partial charge in [0.2, 0.25) is 5.91 Å². The fourth-order valence-corrected chi connectivity index (χ4v) is 2.00. The Morgan fingerprint density at radius 2 is 2.47 bits per heavy atom. The molecule has 0 spiro atoms. The van der Waals surface area contributed by atoms with Crippen LogP contribution >= 0.6 is 0 Å². The van der Waals surface area contributed by atoms with Crippen LogP contribution in [0.1, 0.15) is 13.3 Å². The lowest BCUT2D eigenvalue weighted by molar-refractivity contribution is -0.122. The van der Waals surface area contributed by atoms with E-state index in [2.05, 4.69) is 23.1 Å². The van der Waals surface area contributed by atoms with Crippen molar-refractivity contribution in [3.05, 3.63) is 0 Å². The predicted octanol–water partition coefficient (Wildman–Crippen LogP) is -0.595. The van der Waals surface area contributed by atoms with Crippen molar-refractivity contribution in [3.8, 4) is 12.3 Å². The highest BCUT2D eigenvalue weighted by atomic mass is 16.2. The maximum absolute atomic E-state index is 11.4. The Kier molecular flexibility index (Phi) is 4.60. The van der Waals surface area contributed by atoms with Crippen molar-refractivity contribution in [1.29, 1.82) is 0 Å². The van der Waals surface area contributed by atoms with E-state index in [9.17, 15) is 4.79 Å². The van der Waals surface area contributed by atoms with Gasteiger partial charge in [0.15, 0.2) is 0 Å². The number of likely N-dealkylation sites (tertiary alicyclic amines) is 1. The van der Waals surface area contributed by atoms with Gasteiger partial charge in [-0.05, 0) is 25.8 Å². The summed E-state index contributed by atoms with van der Waals surface area (Å²) in [6.07, 6.45) is 6.14. The molecule has 0 aromatic carbocycles. The van der Waals surface area contributed by atoms with E-state index >= 15 is 0 Å². The van der Waals surface area contributed by atoms with Crippen LogP contribution in [0.4, 0.5) is 0 Å². The van der Waals surface area contributed by atoms with Gasteiger partial charge in [0.25, 0.3) is 0 Å². The highest BCUT2D eigenvalue weighted by Gasteiger charge is 2.28. The lowest BCUT2D eigenvalue weighted by Crippen LogP contribution is -2.39. The summed E-state index contributed by atoms with van der Waals surface area (Å²) in [4.78, 5) is 13.6. The molecule has 1 aliphatic rings. The van der Waals surface area contributed by atoms with Crippen molar-refractivity contribution in [2.24, 2.45) is 11.7 Å². The van der Waals surface area contributed by atoms with Crippen LogP contribution in [0.5, 0.6) is 0 Å². The molecule has 2 unspecified atom stereocenters. The Labute approximate surface area is 91.2 Å². The van der Waals surface area contributed by atoms with Gasteiger partial charge in [0.1, 0.15) is 0 Å². The van der Waals surface area contributed by atoms with Gasteiger partial charge in [-0.15, -0.1) is 6.42 Å². The second-order valence-electron chi connectivity index (χ2n) is 4.10. The molecule has 15 heavy (non-hydrogen) atoms. The Balaban J connectivity index is 2.33. The van der Waals surface area contributed by atoms with Gasteiger partial charge in [0.05, 0.1) is 13.1 Å². The molecule has 0 aromatic rings. The number of amides is 1. The minimum absolute atomic E-state index is 0.00234. The fraction of sp³-hybridized carbons (Fsp3) is 0.727. The summed E-state index contributed by atoms with van der Waals surface area (Å²) in [5.41, 5.74) is 5.62. The molecule has 1 heterocycles. The highest BCUT2D eigenvalue weighted by Crippen LogP contribution is 2.21. The molecule has 0 aliphatic carbocycles. The number of hydrogen-bond acceptors (Lipinski definition) is 3. The van der Waals surface area contributed by atoms with Crippen LogP contribution < -0.4 is 11.1 Å². The molecule has 0 bridgehead atoms. The molecular formula is C11H19N3O. The Morgan fingerprint density at radius 3 is 3.00 bits per heavy atom. The van der Waals surface area contributed by atoms with Crippen LogP contribution in [-0.4, -0.2) is 43.0 Å². The van der Waals surface area contributed by atoms with Gasteiger partial charge in [-0.1, -0.05) is 5.92 Å². The number of carbonyl (C=O) groups excluding carboxylic acids is 1. The van der Waals surface area contributed by atoms with Crippen molar-refractivity contribution in [2.45, 2.75) is 19.4 Å². The van der Waals surface area contributed by atoms with Gasteiger partial charge < -0.3 is 11.1 Å². The number of nitrogens with zero attached hydrogens (tertiary/aromatic N) is 1. The SMILES string of the molecule is C#CCNC(=O)CN1CC(CN)CC1C. The zero-order chi connectivity index (χ0) is 11.3. The normalized spacial score (nSPS) is 26.2. The van der Waals surface area contributed by atoms with Crippen LogP contribution in [0.3, 0.4) is 0 Å². The molecule has 3 N–H and O–H groups in total. The first-order chi connectivity index (χ1) is 7.17. The van der Waals surface area contributed by atoms with Crippen molar-refractivity contribution >= 4 is 5.91 Å². The van der Waals surface area contributed by atoms with Crippen molar-refractivity contribution in [1.82, 2.24) is 10.2 Å². The number of hydrogen-bond donors (Lipinski definition) is 2. The van der Waals surface area contributed by atoms with E-state index < -0.39 is 0 Å². The summed E-state index contributed by atoms with van der Waals surface area (Å²) in [6.45, 7) is 4.48. The van der Waals surface area contributed by atoms with E-state index in [1.54, 1.807) is 0 Å². The molecule has 1 saturated heterocycles. The first-order valence-electron chi connectivity index (χ1n) is 5.31. The highest BCUT2D eigenvalue weighted by molar-refractivity contribution is 5.78. The zero-order valence-corrected chi connectivity index (χ0v) is 9.20. The third kappa shape index (κ3) is 3.54. The predicted molar refractivity (Wildman–Crippen MR) is 60.0 cm³/mol. The quantitative estimate of drug-likeness (QED) is 0.608. The van der Waals surface area contributed by atoms with Gasteiger partial charge in [-0.2, -0.15) is 0 Å². The van der Waals surface area contributed by atoms with E-state index in [-0.39, 0.29) is 5.91 Å². The molecule has 1 fully saturated rings. The number of nitrogens with two attached hydrogens (primary N) is 1. The summed E-state index contributed by atoms with van der Waals surface area (Å²) < 4.78 is 0. The van der Waals surface area contributed by atoms with Gasteiger partial charge in [-0.3, -0.25) is 9.69 Å². The van der Waals surface area contributed by atoms with Crippen LogP contribution in [-0.2, 0) is 4.79 Å². The average molecular weight is 209 g/mol. The zero-order valence-electron chi connectivity index (χ0n) is 9.20. The molecule has 1 aliphatic heterocycles. The number of rotatable bonds is 4. The van der Waals surface area contributed by atoms with E-state index in [0.717, 1.165) is 13.0 Å². The molecule has 4 heteroatoms. The largest absolute Gasteiger partial charge is 0.344 e. The van der Waals surface area contributed by atoms with E-state index in [0.29, 0.717) is 31.6 Å². The second kappa shape index (κ2) is 5.74. The Hall–Kier alpha value is -1.05. The van der Waals surface area contributed by atoms with E-state index in [4.69, 9.17) is 12.2 Å². The summed E-state index contributed by atoms with van der Waals surface area (Å²) in [6, 6.07) is 0.440. The monoisotopic (exact) mass is 209 g/mol. The lowest BCUT2D eigenvalue weighted by Gasteiger charge is -2.19. The molecule has 4 nitrogen and oxygen atoms in total. The van der Waals surface area contributed by atoms with Crippen LogP contribution in [0.15, 0.2) is 0 Å². The van der Waals surface area contributed by atoms with Crippen molar-refractivity contribution in [2.75, 3.05) is 26.2 Å². The van der Waals surface area contributed by atoms with Crippen LogP contribution in [0.2, 0.25) is 0 Å². The van der Waals surface area contributed by atoms with Crippen molar-refractivity contribution in [3.63, 3.8) is 0 Å². The molecule has 1 amide bonds. The Morgan fingerprint density at radius 1 is 1.73 bits per heavy atom. The van der Waals surface area contributed by atoms with Crippen LogP contribution in [0.25, 0.3) is 0 Å². The molecule has 0 radical (unpaired) electrons. The van der Waals surface area contributed by atoms with Gasteiger partial charge in [0, 0.05) is 12.6 Å². The van der Waals surface area contributed by atoms with E-state index in [1.165, 1.54) is 0 Å². The summed E-state index contributed by atoms with van der Waals surface area (Å²) >= 11 is 0. The first kappa shape index (κ1) is 12.0. The molecule has 84 valence electrons. The molecule has 0 aromatic heterocycles. The maximum Gasteiger partial charge on any atom is 0.234 e. The number of terminal acetylenes is 1. The third-order valence-corrected chi connectivity index (χ3v) is 2.86. The van der Waals surface area contributed by atoms with Gasteiger partial charge >= 0.3 is 0 Å². The Bertz CT molecular complexity index is 259. The topological polar surface area (TPSA) is 58.4 Å². The van der Waals surface area contributed by atoms with Crippen molar-refractivity contribution < 1.29 is 4.79 Å². The minimum Gasteiger partial charge on any atom is -0.344 e. The second-order valence-corrected chi connectivity index (χ2v) is 4.10. The van der Waals surface area contributed by atoms with Gasteiger partial charge in [-0.25, -0.2) is 0 Å². The fourth-order valence-electron chi connectivity index (χ4n) is 2.00. The van der Waals surface area contributed by atoms with E-state index in [1.807, 2.05) is 0 Å². The average Bonchev–Trinajstić information content (AvgIpc) is 2.57. The summed E-state index contributed by atoms with van der Waals surface area (Å²) in [7, 11) is 0. The number of carbonyl (C=O) groups is 1. The molecule has 2 atom stereocenters. The maximum atomic E-state index is 11.4. The minimum atomic E-state index is -0.00234. The lowest BCUT2D eigenvalue weighted by atomic mass is 10.1. The summed E-state index contributed by atoms with van der Waals surface area (Å²) in [5.74, 6) is 2.91. The van der Waals surface area contributed by atoms with Crippen LogP contribution in [0, 0.1) is 18.3 Å². The first-order valence-corrected chi connectivity index (χ1v) is 5.31. The standard InChI is InChI=1S/C11H19N3O/c1-3-4-13-11(15)8-14-7-10(6-12)5-9(14)2/h1,9-10H,4-8,12H2,2H3,(H,13,15). The molecular weight excluding hydrogens is 190 g/mol. The molecule has 0 saturated carbocycles. The third-order valence-electron chi connectivity index (χ3n) is 2.86.